The summed E-state index contributed by atoms with van der Waals surface area (Å²) in [4.78, 5) is 4.33. The topological polar surface area (TPSA) is 138 Å². The molecule has 232 valence electrons. The Labute approximate surface area is 252 Å². The fourth-order valence-electron chi connectivity index (χ4n) is 2.50. The molecule has 4 rings (SSSR count). The SMILES string of the molecule is CC#N.CC#N.CC#N.F[B-](F)(F)F.F[B-](F)(F)F.[Fe+2].c1ccc(Cn2ccc(C(n3cccn3)n3cccn3)n2)nc1. The van der Waals surface area contributed by atoms with E-state index in [1.165, 1.54) is 20.8 Å². The van der Waals surface area contributed by atoms with Crippen LogP contribution in [0.1, 0.15) is 38.3 Å². The Morgan fingerprint density at radius 2 is 1.12 bits per heavy atom. The van der Waals surface area contributed by atoms with Crippen molar-refractivity contribution < 1.29 is 51.6 Å². The summed E-state index contributed by atoms with van der Waals surface area (Å²) in [6, 6.07) is 16.9. The van der Waals surface area contributed by atoms with Crippen molar-refractivity contribution in [2.45, 2.75) is 33.5 Å². The molecule has 0 saturated heterocycles. The molecule has 0 unspecified atom stereocenters. The fourth-order valence-corrected chi connectivity index (χ4v) is 2.50. The van der Waals surface area contributed by atoms with Gasteiger partial charge in [-0.1, -0.05) is 6.07 Å². The zero-order valence-corrected chi connectivity index (χ0v) is 23.8. The predicted octanol–water partition coefficient (Wildman–Crippen LogP) is 6.00. The number of nitriles is 3. The van der Waals surface area contributed by atoms with Gasteiger partial charge in [0.25, 0.3) is 0 Å². The van der Waals surface area contributed by atoms with Crippen LogP contribution in [0.2, 0.25) is 0 Å². The Balaban J connectivity index is -0.000000664. The van der Waals surface area contributed by atoms with E-state index in [2.05, 4.69) is 20.3 Å². The van der Waals surface area contributed by atoms with Crippen molar-refractivity contribution in [3.05, 3.63) is 85.0 Å². The molecule has 0 amide bonds. The van der Waals surface area contributed by atoms with E-state index in [9.17, 15) is 34.5 Å². The van der Waals surface area contributed by atoms with E-state index in [-0.39, 0.29) is 23.2 Å². The van der Waals surface area contributed by atoms with Gasteiger partial charge in [0, 0.05) is 58.0 Å². The maximum atomic E-state index is 9.75. The van der Waals surface area contributed by atoms with Gasteiger partial charge in [-0.05, 0) is 30.3 Å². The van der Waals surface area contributed by atoms with Crippen LogP contribution in [0.25, 0.3) is 0 Å². The molecule has 4 aromatic rings. The zero-order chi connectivity index (χ0) is 32.6. The summed E-state index contributed by atoms with van der Waals surface area (Å²) >= 11 is 0. The van der Waals surface area contributed by atoms with Crippen LogP contribution in [0.5, 0.6) is 0 Å². The minimum atomic E-state index is -6.00. The summed E-state index contributed by atoms with van der Waals surface area (Å²) in [7, 11) is -12.0. The number of nitrogens with zero attached hydrogens (tertiary/aromatic N) is 10. The first-order chi connectivity index (χ1) is 19.6. The summed E-state index contributed by atoms with van der Waals surface area (Å²) in [5.41, 5.74) is 1.84. The molecule has 0 aliphatic carbocycles. The molecule has 0 fully saturated rings. The molecule has 0 saturated carbocycles. The van der Waals surface area contributed by atoms with E-state index >= 15 is 0 Å². The van der Waals surface area contributed by atoms with Gasteiger partial charge in [-0.25, -0.2) is 9.36 Å². The Bertz CT molecular complexity index is 1240. The molecule has 0 aliphatic rings. The van der Waals surface area contributed by atoms with Crippen molar-refractivity contribution in [3.8, 4) is 18.2 Å². The summed E-state index contributed by atoms with van der Waals surface area (Å²) in [6.45, 7) is 4.92. The average Bonchev–Trinajstić information content (AvgIpc) is 3.64. The first-order valence-corrected chi connectivity index (χ1v) is 11.2. The molecule has 10 nitrogen and oxygen atoms in total. The standard InChI is InChI=1S/C16H15N7.3C2H3N.2BF4.Fe/c1-2-7-17-14(5-1)13-21-12-6-15(20-21)16(22-10-3-8-18-22)23-11-4-9-19-23;3*1-2-3;2*2-1(3,4)5;/h1-12,16H,13H2;3*1H3;;;/q;;;;2*-1;+2. The normalized spacial score (nSPS) is 9.33. The van der Waals surface area contributed by atoms with Gasteiger partial charge < -0.3 is 34.5 Å². The van der Waals surface area contributed by atoms with Gasteiger partial charge in [-0.2, -0.15) is 31.1 Å². The molecule has 0 radical (unpaired) electrons. The molecule has 0 bridgehead atoms. The van der Waals surface area contributed by atoms with Gasteiger partial charge >= 0.3 is 31.6 Å². The van der Waals surface area contributed by atoms with Crippen molar-refractivity contribution >= 4 is 14.5 Å². The zero-order valence-electron chi connectivity index (χ0n) is 22.7. The smallest absolute Gasteiger partial charge is 0.418 e. The van der Waals surface area contributed by atoms with E-state index < -0.39 is 14.5 Å². The molecule has 0 atom stereocenters. The van der Waals surface area contributed by atoms with Crippen molar-refractivity contribution in [2.24, 2.45) is 0 Å². The monoisotopic (exact) mass is 658 g/mol. The van der Waals surface area contributed by atoms with E-state index in [4.69, 9.17) is 15.8 Å². The third kappa shape index (κ3) is 26.0. The first kappa shape index (κ1) is 42.8. The Kier molecular flexibility index (Phi) is 23.9. The van der Waals surface area contributed by atoms with Gasteiger partial charge in [-0.15, -0.1) is 0 Å². The van der Waals surface area contributed by atoms with Crippen molar-refractivity contribution in [2.75, 3.05) is 0 Å². The third-order valence-electron chi connectivity index (χ3n) is 3.53. The van der Waals surface area contributed by atoms with E-state index in [0.29, 0.717) is 6.54 Å². The van der Waals surface area contributed by atoms with Crippen LogP contribution < -0.4 is 0 Å². The number of aromatic nitrogens is 7. The minimum absolute atomic E-state index is 0. The number of hydrogen-bond acceptors (Lipinski definition) is 7. The molecule has 4 heterocycles. The van der Waals surface area contributed by atoms with Crippen LogP contribution in [-0.2, 0) is 23.6 Å². The second kappa shape index (κ2) is 24.0. The van der Waals surface area contributed by atoms with E-state index in [1.54, 1.807) is 36.8 Å². The Hall–Kier alpha value is -4.66. The molecule has 0 N–H and O–H groups in total. The number of pyridine rings is 1. The summed E-state index contributed by atoms with van der Waals surface area (Å²) in [6.07, 6.45) is 10.8. The fraction of sp³-hybridized carbons (Fsp3) is 0.227. The van der Waals surface area contributed by atoms with Gasteiger partial charge in [0.1, 0.15) is 5.69 Å². The summed E-state index contributed by atoms with van der Waals surface area (Å²) in [5.74, 6) is 0. The summed E-state index contributed by atoms with van der Waals surface area (Å²) in [5, 5.41) is 35.3. The number of rotatable bonds is 5. The molecule has 0 aliphatic heterocycles. The van der Waals surface area contributed by atoms with Crippen LogP contribution >= 0.6 is 0 Å². The second-order valence-corrected chi connectivity index (χ2v) is 6.77. The molecule has 0 aromatic carbocycles. The van der Waals surface area contributed by atoms with Crippen LogP contribution in [0.3, 0.4) is 0 Å². The Morgan fingerprint density at radius 3 is 1.44 bits per heavy atom. The van der Waals surface area contributed by atoms with Gasteiger partial charge in [0.05, 0.1) is 30.4 Å². The second-order valence-electron chi connectivity index (χ2n) is 6.77. The quantitative estimate of drug-likeness (QED) is 0.190. The summed E-state index contributed by atoms with van der Waals surface area (Å²) < 4.78 is 83.5. The molecular formula is C22H24B2F8FeN10. The largest absolute Gasteiger partial charge is 2.00 e. The van der Waals surface area contributed by atoms with Gasteiger partial charge in [-0.3, -0.25) is 9.67 Å². The van der Waals surface area contributed by atoms with Crippen LogP contribution in [-0.4, -0.2) is 48.8 Å². The van der Waals surface area contributed by atoms with Crippen molar-refractivity contribution in [1.82, 2.24) is 34.3 Å². The van der Waals surface area contributed by atoms with Crippen LogP contribution in [0, 0.1) is 34.0 Å². The maximum Gasteiger partial charge on any atom is 2.00 e. The maximum absolute atomic E-state index is 9.75. The van der Waals surface area contributed by atoms with Crippen molar-refractivity contribution in [1.29, 1.82) is 15.8 Å². The Morgan fingerprint density at radius 1 is 0.698 bits per heavy atom. The van der Waals surface area contributed by atoms with Gasteiger partial charge in [0.2, 0.25) is 0 Å². The molecule has 4 aromatic heterocycles. The molecule has 43 heavy (non-hydrogen) atoms. The number of hydrogen-bond donors (Lipinski definition) is 0. The number of halogens is 8. The van der Waals surface area contributed by atoms with Gasteiger partial charge in [0.15, 0.2) is 6.17 Å². The van der Waals surface area contributed by atoms with Crippen LogP contribution in [0.15, 0.2) is 73.6 Å². The van der Waals surface area contributed by atoms with Crippen LogP contribution in [0.4, 0.5) is 34.5 Å². The predicted molar refractivity (Wildman–Crippen MR) is 138 cm³/mol. The first-order valence-electron chi connectivity index (χ1n) is 11.2. The molecular weight excluding hydrogens is 634 g/mol. The molecule has 21 heteroatoms. The van der Waals surface area contributed by atoms with Crippen molar-refractivity contribution in [3.63, 3.8) is 0 Å². The van der Waals surface area contributed by atoms with E-state index in [1.807, 2.05) is 69.0 Å². The third-order valence-corrected chi connectivity index (χ3v) is 3.53. The average molecular weight is 658 g/mol. The van der Waals surface area contributed by atoms with E-state index in [0.717, 1.165) is 11.4 Å². The minimum Gasteiger partial charge on any atom is -0.418 e. The molecule has 0 spiro atoms.